The summed E-state index contributed by atoms with van der Waals surface area (Å²) in [4.78, 5) is 0. The summed E-state index contributed by atoms with van der Waals surface area (Å²) in [5, 5.41) is 10.6. The minimum Gasteiger partial charge on any atom is -0.308 e. The van der Waals surface area contributed by atoms with Crippen molar-refractivity contribution in [2.75, 3.05) is 0 Å². The van der Waals surface area contributed by atoms with E-state index >= 15 is 0 Å². The van der Waals surface area contributed by atoms with E-state index in [9.17, 15) is 0 Å². The Labute approximate surface area is 217 Å². The van der Waals surface area contributed by atoms with Crippen LogP contribution < -0.4 is 0 Å². The lowest BCUT2D eigenvalue weighted by molar-refractivity contribution is 1.37. The van der Waals surface area contributed by atoms with Crippen molar-refractivity contribution in [2.24, 2.45) is 0 Å². The van der Waals surface area contributed by atoms with Crippen LogP contribution in [0.25, 0.3) is 87.3 Å². The Kier molecular flexibility index (Phi) is 3.23. The van der Waals surface area contributed by atoms with Crippen LogP contribution in [0.5, 0.6) is 0 Å². The fourth-order valence-electron chi connectivity index (χ4n) is 7.22. The second kappa shape index (κ2) is 6.42. The summed E-state index contributed by atoms with van der Waals surface area (Å²) in [6.07, 6.45) is 0. The zero-order chi connectivity index (χ0) is 24.5. The highest BCUT2D eigenvalue weighted by atomic mass is 14.9. The molecule has 38 heavy (non-hydrogen) atoms. The molecule has 0 fully saturated rings. The number of hydrogen-bond donors (Lipinski definition) is 0. The highest BCUT2D eigenvalue weighted by Gasteiger charge is 2.19. The van der Waals surface area contributed by atoms with Crippen LogP contribution in [0.4, 0.5) is 0 Å². The van der Waals surface area contributed by atoms with Crippen LogP contribution in [0.15, 0.2) is 121 Å². The number of nitrogens with zero attached hydrogens (tertiary/aromatic N) is 2. The first kappa shape index (κ1) is 19.1. The number of para-hydroxylation sites is 4. The number of fused-ring (bicyclic) bond motifs is 12. The molecule has 10 aromatic rings. The van der Waals surface area contributed by atoms with Crippen molar-refractivity contribution in [2.45, 2.75) is 0 Å². The summed E-state index contributed by atoms with van der Waals surface area (Å²) in [6.45, 7) is 0. The van der Waals surface area contributed by atoms with Gasteiger partial charge in [0.15, 0.2) is 0 Å². The van der Waals surface area contributed by atoms with E-state index in [0.29, 0.717) is 0 Å². The Hall–Kier alpha value is -5.08. The monoisotopic (exact) mass is 480 g/mol. The van der Waals surface area contributed by atoms with Crippen molar-refractivity contribution < 1.29 is 0 Å². The summed E-state index contributed by atoms with van der Waals surface area (Å²) < 4.78 is 4.91. The van der Waals surface area contributed by atoms with Crippen molar-refractivity contribution in [3.63, 3.8) is 0 Å². The zero-order valence-corrected chi connectivity index (χ0v) is 20.4. The predicted octanol–water partition coefficient (Wildman–Crippen LogP) is 9.65. The lowest BCUT2D eigenvalue weighted by Gasteiger charge is -2.05. The molecule has 0 spiro atoms. The number of rotatable bonds is 1. The van der Waals surface area contributed by atoms with Crippen molar-refractivity contribution in [3.8, 4) is 11.1 Å². The van der Waals surface area contributed by atoms with E-state index in [1.54, 1.807) is 0 Å². The molecule has 0 N–H and O–H groups in total. The third kappa shape index (κ3) is 2.10. The molecule has 0 aliphatic heterocycles. The van der Waals surface area contributed by atoms with E-state index in [1.165, 1.54) is 87.3 Å². The predicted molar refractivity (Wildman–Crippen MR) is 161 cm³/mol. The third-order valence-corrected chi connectivity index (χ3v) is 8.78. The van der Waals surface area contributed by atoms with Gasteiger partial charge < -0.3 is 8.80 Å². The first-order valence-electron chi connectivity index (χ1n) is 13.2. The SMILES string of the molecule is c1ccc2c(c1)c1cccc3c4cc(-c5ccc6c7cccc8c9ccccc9n(c6c5)c87)ccc4n2c13. The molecule has 0 radical (unpaired) electrons. The molecule has 0 bridgehead atoms. The first-order chi connectivity index (χ1) is 18.9. The highest BCUT2D eigenvalue weighted by Crippen LogP contribution is 2.42. The fraction of sp³-hybridized carbons (Fsp3) is 0. The molecule has 0 aliphatic rings. The van der Waals surface area contributed by atoms with Gasteiger partial charge in [-0.2, -0.15) is 0 Å². The molecule has 4 aromatic heterocycles. The Morgan fingerprint density at radius 1 is 0.289 bits per heavy atom. The van der Waals surface area contributed by atoms with Crippen LogP contribution in [0.3, 0.4) is 0 Å². The molecule has 10 rings (SSSR count). The van der Waals surface area contributed by atoms with Crippen LogP contribution in [-0.2, 0) is 0 Å². The molecule has 174 valence electrons. The molecule has 0 saturated heterocycles. The lowest BCUT2D eigenvalue weighted by Crippen LogP contribution is -1.84. The van der Waals surface area contributed by atoms with Crippen molar-refractivity contribution in [3.05, 3.63) is 121 Å². The average Bonchev–Trinajstić information content (AvgIpc) is 3.70. The smallest absolute Gasteiger partial charge is 0.0620 e. The summed E-state index contributed by atoms with van der Waals surface area (Å²) in [5.41, 5.74) is 10.3. The van der Waals surface area contributed by atoms with Crippen LogP contribution in [0.2, 0.25) is 0 Å². The quantitative estimate of drug-likeness (QED) is 0.221. The van der Waals surface area contributed by atoms with Gasteiger partial charge in [-0.3, -0.25) is 0 Å². The molecule has 2 nitrogen and oxygen atoms in total. The number of benzene rings is 6. The van der Waals surface area contributed by atoms with E-state index in [0.717, 1.165) is 0 Å². The van der Waals surface area contributed by atoms with Gasteiger partial charge in [0.05, 0.1) is 33.1 Å². The highest BCUT2D eigenvalue weighted by molar-refractivity contribution is 6.25. The molecule has 4 heterocycles. The van der Waals surface area contributed by atoms with Gasteiger partial charge in [-0.25, -0.2) is 0 Å². The average molecular weight is 481 g/mol. The van der Waals surface area contributed by atoms with Crippen molar-refractivity contribution >= 4 is 76.2 Å². The maximum atomic E-state index is 2.46. The first-order valence-corrected chi connectivity index (χ1v) is 13.2. The van der Waals surface area contributed by atoms with E-state index in [1.807, 2.05) is 0 Å². The van der Waals surface area contributed by atoms with Crippen molar-refractivity contribution in [1.29, 1.82) is 0 Å². The van der Waals surface area contributed by atoms with Gasteiger partial charge in [-0.05, 0) is 41.5 Å². The molecule has 2 heteroatoms. The van der Waals surface area contributed by atoms with Crippen LogP contribution >= 0.6 is 0 Å². The second-order valence-electron chi connectivity index (χ2n) is 10.6. The normalized spacial score (nSPS) is 12.7. The second-order valence-corrected chi connectivity index (χ2v) is 10.6. The van der Waals surface area contributed by atoms with Gasteiger partial charge in [-0.1, -0.05) is 91.0 Å². The Morgan fingerprint density at radius 3 is 1.39 bits per heavy atom. The molecule has 6 aromatic carbocycles. The molecular formula is C36H20N2. The van der Waals surface area contributed by atoms with Crippen LogP contribution in [0.1, 0.15) is 0 Å². The van der Waals surface area contributed by atoms with Crippen molar-refractivity contribution in [1.82, 2.24) is 8.80 Å². The van der Waals surface area contributed by atoms with E-state index in [2.05, 4.69) is 130 Å². The van der Waals surface area contributed by atoms with E-state index in [4.69, 9.17) is 0 Å². The zero-order valence-electron chi connectivity index (χ0n) is 20.4. The molecular weight excluding hydrogens is 460 g/mol. The standard InChI is InChI=1S/C36H20N2/c1-3-13-31-23(7-1)27-10-6-12-29-30-19-21(16-18-33(30)37(31)36(27)29)22-15-17-25-28-11-5-9-26-24-8-2-4-14-32(24)38(35(26)28)34(25)20-22/h1-20H. The largest absolute Gasteiger partial charge is 0.308 e. The van der Waals surface area contributed by atoms with Gasteiger partial charge >= 0.3 is 0 Å². The summed E-state index contributed by atoms with van der Waals surface area (Å²) in [6, 6.07) is 44.9. The molecule has 0 amide bonds. The summed E-state index contributed by atoms with van der Waals surface area (Å²) >= 11 is 0. The lowest BCUT2D eigenvalue weighted by atomic mass is 10.00. The molecule has 0 saturated carbocycles. The number of hydrogen-bond acceptors (Lipinski definition) is 0. The Balaban J connectivity index is 1.29. The maximum Gasteiger partial charge on any atom is 0.0620 e. The topological polar surface area (TPSA) is 8.82 Å². The van der Waals surface area contributed by atoms with Gasteiger partial charge in [-0.15, -0.1) is 0 Å². The van der Waals surface area contributed by atoms with E-state index in [-0.39, 0.29) is 0 Å². The van der Waals surface area contributed by atoms with Crippen LogP contribution in [-0.4, -0.2) is 8.80 Å². The molecule has 0 unspecified atom stereocenters. The Morgan fingerprint density at radius 2 is 0.737 bits per heavy atom. The number of aromatic nitrogens is 2. The summed E-state index contributed by atoms with van der Waals surface area (Å²) in [7, 11) is 0. The Bertz CT molecular complexity index is 2560. The summed E-state index contributed by atoms with van der Waals surface area (Å²) in [5.74, 6) is 0. The van der Waals surface area contributed by atoms with Gasteiger partial charge in [0.1, 0.15) is 0 Å². The van der Waals surface area contributed by atoms with Gasteiger partial charge in [0.25, 0.3) is 0 Å². The minimum absolute atomic E-state index is 1.25. The van der Waals surface area contributed by atoms with Gasteiger partial charge in [0.2, 0.25) is 0 Å². The third-order valence-electron chi connectivity index (χ3n) is 8.78. The fourth-order valence-corrected chi connectivity index (χ4v) is 7.22. The molecule has 0 aliphatic carbocycles. The van der Waals surface area contributed by atoms with E-state index < -0.39 is 0 Å². The van der Waals surface area contributed by atoms with Gasteiger partial charge in [0, 0.05) is 43.1 Å². The maximum absolute atomic E-state index is 2.46. The molecule has 0 atom stereocenters. The van der Waals surface area contributed by atoms with Crippen LogP contribution in [0, 0.1) is 0 Å². The minimum atomic E-state index is 1.25.